The maximum absolute atomic E-state index is 12.5. The van der Waals surface area contributed by atoms with Crippen LogP contribution in [0.1, 0.15) is 123 Å². The second-order valence-corrected chi connectivity index (χ2v) is 13.3. The minimum absolute atomic E-state index is 0.0530. The third-order valence-electron chi connectivity index (χ3n) is 7.13. The van der Waals surface area contributed by atoms with Crippen molar-refractivity contribution in [1.29, 1.82) is 0 Å². The molecule has 0 heterocycles. The molecule has 0 radical (unpaired) electrons. The monoisotopic (exact) mass is 724 g/mol. The summed E-state index contributed by atoms with van der Waals surface area (Å²) in [5, 5.41) is 18.2. The van der Waals surface area contributed by atoms with Gasteiger partial charge in [-0.3, -0.25) is 18.6 Å². The molecule has 0 fully saturated rings. The minimum Gasteiger partial charge on any atom is -0.462 e. The highest BCUT2D eigenvalue weighted by atomic mass is 31.2. The summed E-state index contributed by atoms with van der Waals surface area (Å²) in [6.45, 7) is 2.08. The Hall–Kier alpha value is -2.59. The van der Waals surface area contributed by atoms with Crippen LogP contribution in [0.5, 0.6) is 0 Å². The van der Waals surface area contributed by atoms with Crippen molar-refractivity contribution in [3.63, 3.8) is 0 Å². The molecule has 0 aliphatic heterocycles. The molecule has 3 unspecified atom stereocenters. The lowest BCUT2D eigenvalue weighted by Crippen LogP contribution is -2.29. The number of carbonyl (C=O) groups is 2. The van der Waals surface area contributed by atoms with Gasteiger partial charge < -0.3 is 24.6 Å². The molecule has 11 heteroatoms. The SMILES string of the molecule is CC/C=C\C/C=C\C/C=C\C/C=C\C/C=C\CC(=O)OC(COC(=O)CCCCCCC/C=C\CCCCC)COP(=O)(O)OCC(O)CO. The first-order chi connectivity index (χ1) is 24.2. The van der Waals surface area contributed by atoms with Crippen LogP contribution in [0.2, 0.25) is 0 Å². The number of rotatable bonds is 33. The summed E-state index contributed by atoms with van der Waals surface area (Å²) in [4.78, 5) is 34.7. The number of phosphoric ester groups is 1. The van der Waals surface area contributed by atoms with Gasteiger partial charge in [-0.2, -0.15) is 0 Å². The number of hydrogen-bond donors (Lipinski definition) is 3. The van der Waals surface area contributed by atoms with Gasteiger partial charge in [0.15, 0.2) is 6.10 Å². The molecular formula is C39H65O10P. The van der Waals surface area contributed by atoms with Gasteiger partial charge in [-0.15, -0.1) is 0 Å². The summed E-state index contributed by atoms with van der Waals surface area (Å²) in [6, 6.07) is 0. The van der Waals surface area contributed by atoms with Crippen LogP contribution in [-0.2, 0) is 32.7 Å². The highest BCUT2D eigenvalue weighted by Gasteiger charge is 2.27. The van der Waals surface area contributed by atoms with E-state index in [1.165, 1.54) is 19.3 Å². The Kier molecular flexibility index (Phi) is 33.0. The zero-order valence-corrected chi connectivity index (χ0v) is 31.5. The average Bonchev–Trinajstić information content (AvgIpc) is 3.10. The van der Waals surface area contributed by atoms with Crippen LogP contribution in [0.4, 0.5) is 0 Å². The topological polar surface area (TPSA) is 149 Å². The van der Waals surface area contributed by atoms with Crippen molar-refractivity contribution in [2.45, 2.75) is 135 Å². The second kappa shape index (κ2) is 34.8. The van der Waals surface area contributed by atoms with Crippen LogP contribution in [-0.4, -0.2) is 65.7 Å². The van der Waals surface area contributed by atoms with Crippen LogP contribution in [0.15, 0.2) is 72.9 Å². The zero-order chi connectivity index (χ0) is 37.0. The molecule has 0 bridgehead atoms. The van der Waals surface area contributed by atoms with Crippen molar-refractivity contribution in [3.05, 3.63) is 72.9 Å². The number of allylic oxidation sites excluding steroid dienone is 11. The summed E-state index contributed by atoms with van der Waals surface area (Å²) < 4.78 is 32.4. The number of esters is 2. The van der Waals surface area contributed by atoms with Gasteiger partial charge in [0.05, 0.1) is 26.2 Å². The third kappa shape index (κ3) is 33.9. The van der Waals surface area contributed by atoms with Gasteiger partial charge in [-0.05, 0) is 64.2 Å². The number of hydrogen-bond acceptors (Lipinski definition) is 9. The number of carbonyl (C=O) groups excluding carboxylic acids is 2. The van der Waals surface area contributed by atoms with E-state index in [9.17, 15) is 24.2 Å². The Balaban J connectivity index is 4.58. The maximum Gasteiger partial charge on any atom is 0.472 e. The van der Waals surface area contributed by atoms with Gasteiger partial charge in [-0.1, -0.05) is 119 Å². The molecule has 0 saturated carbocycles. The maximum atomic E-state index is 12.5. The number of unbranched alkanes of at least 4 members (excludes halogenated alkanes) is 8. The number of aliphatic hydroxyl groups is 2. The lowest BCUT2D eigenvalue weighted by molar-refractivity contribution is -0.160. The fourth-order valence-electron chi connectivity index (χ4n) is 4.30. The van der Waals surface area contributed by atoms with Crippen LogP contribution >= 0.6 is 7.82 Å². The summed E-state index contributed by atoms with van der Waals surface area (Å²) >= 11 is 0. The molecule has 0 spiro atoms. The Morgan fingerprint density at radius 2 is 1.16 bits per heavy atom. The van der Waals surface area contributed by atoms with Gasteiger partial charge in [-0.25, -0.2) is 4.57 Å². The molecule has 3 atom stereocenters. The van der Waals surface area contributed by atoms with Crippen molar-refractivity contribution < 1.29 is 47.8 Å². The Bertz CT molecular complexity index is 1060. The van der Waals surface area contributed by atoms with E-state index in [2.05, 4.69) is 67.0 Å². The summed E-state index contributed by atoms with van der Waals surface area (Å²) in [5.41, 5.74) is 0. The Labute approximate surface area is 301 Å². The van der Waals surface area contributed by atoms with E-state index in [0.717, 1.165) is 64.2 Å². The summed E-state index contributed by atoms with van der Waals surface area (Å²) in [7, 11) is -4.64. The Morgan fingerprint density at radius 1 is 0.640 bits per heavy atom. The fraction of sp³-hybridized carbons (Fsp3) is 0.641. The zero-order valence-electron chi connectivity index (χ0n) is 30.6. The third-order valence-corrected chi connectivity index (χ3v) is 8.08. The fourth-order valence-corrected chi connectivity index (χ4v) is 5.09. The molecule has 0 aromatic heterocycles. The molecule has 286 valence electrons. The van der Waals surface area contributed by atoms with Crippen molar-refractivity contribution in [2.75, 3.05) is 26.4 Å². The van der Waals surface area contributed by atoms with Crippen molar-refractivity contribution in [2.24, 2.45) is 0 Å². The van der Waals surface area contributed by atoms with E-state index in [0.29, 0.717) is 12.8 Å². The van der Waals surface area contributed by atoms with Crippen molar-refractivity contribution >= 4 is 19.8 Å². The molecule has 0 aromatic carbocycles. The number of aliphatic hydroxyl groups excluding tert-OH is 2. The van der Waals surface area contributed by atoms with E-state index in [1.807, 2.05) is 18.2 Å². The molecule has 0 aliphatic carbocycles. The van der Waals surface area contributed by atoms with E-state index < -0.39 is 51.8 Å². The smallest absolute Gasteiger partial charge is 0.462 e. The van der Waals surface area contributed by atoms with E-state index in [4.69, 9.17) is 19.1 Å². The van der Waals surface area contributed by atoms with Gasteiger partial charge in [0.25, 0.3) is 0 Å². The molecule has 0 saturated heterocycles. The van der Waals surface area contributed by atoms with Crippen LogP contribution in [0.25, 0.3) is 0 Å². The number of ether oxygens (including phenoxy) is 2. The molecule has 0 amide bonds. The second-order valence-electron chi connectivity index (χ2n) is 11.9. The lowest BCUT2D eigenvalue weighted by Gasteiger charge is -2.20. The summed E-state index contributed by atoms with van der Waals surface area (Å²) in [5.74, 6) is -1.09. The normalized spacial score (nSPS) is 14.9. The first-order valence-electron chi connectivity index (χ1n) is 18.4. The largest absolute Gasteiger partial charge is 0.472 e. The quantitative estimate of drug-likeness (QED) is 0.0259. The lowest BCUT2D eigenvalue weighted by atomic mass is 10.1. The minimum atomic E-state index is -4.64. The summed E-state index contributed by atoms with van der Waals surface area (Å²) in [6.07, 6.45) is 37.6. The molecule has 0 aliphatic rings. The van der Waals surface area contributed by atoms with E-state index in [1.54, 1.807) is 6.08 Å². The molecular weight excluding hydrogens is 659 g/mol. The van der Waals surface area contributed by atoms with E-state index >= 15 is 0 Å². The average molecular weight is 725 g/mol. The predicted molar refractivity (Wildman–Crippen MR) is 200 cm³/mol. The van der Waals surface area contributed by atoms with Crippen LogP contribution < -0.4 is 0 Å². The predicted octanol–water partition coefficient (Wildman–Crippen LogP) is 8.94. The molecule has 50 heavy (non-hydrogen) atoms. The molecule has 0 rings (SSSR count). The molecule has 3 N–H and O–H groups in total. The number of phosphoric acid groups is 1. The van der Waals surface area contributed by atoms with Gasteiger partial charge in [0.2, 0.25) is 0 Å². The van der Waals surface area contributed by atoms with Gasteiger partial charge in [0, 0.05) is 6.42 Å². The van der Waals surface area contributed by atoms with Gasteiger partial charge in [0.1, 0.15) is 12.7 Å². The van der Waals surface area contributed by atoms with E-state index in [-0.39, 0.29) is 19.4 Å². The van der Waals surface area contributed by atoms with Crippen molar-refractivity contribution in [1.82, 2.24) is 0 Å². The standard InChI is InChI=1S/C39H65O10P/c1-3-5-7-9-11-13-15-17-18-19-21-23-25-27-29-31-39(43)49-37(35-48-50(44,45)47-33-36(41)32-40)34-46-38(42)30-28-26-24-22-20-16-14-12-10-8-6-4-2/h5,7,11-14,17-18,21,23,27,29,36-37,40-41H,3-4,6,8-10,15-16,19-20,22,24-26,28,30-35H2,1-2H3,(H,44,45)/b7-5-,13-11-,14-12-,18-17-,23-21-,29-27-. The highest BCUT2D eigenvalue weighted by molar-refractivity contribution is 7.47. The van der Waals surface area contributed by atoms with Crippen LogP contribution in [0.3, 0.4) is 0 Å². The molecule has 0 aromatic rings. The molecule has 10 nitrogen and oxygen atoms in total. The van der Waals surface area contributed by atoms with Gasteiger partial charge >= 0.3 is 19.8 Å². The Morgan fingerprint density at radius 3 is 1.74 bits per heavy atom. The van der Waals surface area contributed by atoms with Crippen LogP contribution in [0, 0.1) is 0 Å². The highest BCUT2D eigenvalue weighted by Crippen LogP contribution is 2.43. The first-order valence-corrected chi connectivity index (χ1v) is 19.9. The first kappa shape index (κ1) is 47.4. The van der Waals surface area contributed by atoms with Crippen molar-refractivity contribution in [3.8, 4) is 0 Å².